The van der Waals surface area contributed by atoms with Crippen LogP contribution in [-0.2, 0) is 11.2 Å². The molecule has 0 bridgehead atoms. The third kappa shape index (κ3) is 6.07. The van der Waals surface area contributed by atoms with E-state index in [-0.39, 0.29) is 23.5 Å². The summed E-state index contributed by atoms with van der Waals surface area (Å²) in [5.41, 5.74) is 0.903. The van der Waals surface area contributed by atoms with Crippen molar-refractivity contribution in [2.24, 2.45) is 11.3 Å². The number of aryl methyl sites for hydroxylation is 1. The van der Waals surface area contributed by atoms with Crippen LogP contribution in [0.1, 0.15) is 82.3 Å². The molecule has 4 rings (SSSR count). The van der Waals surface area contributed by atoms with Crippen LogP contribution < -0.4 is 10.1 Å². The quantitative estimate of drug-likeness (QED) is 0.416. The molecule has 2 fully saturated rings. The number of halogens is 2. The Kier molecular flexibility index (Phi) is 8.07. The molecule has 1 heterocycles. The van der Waals surface area contributed by atoms with Gasteiger partial charge in [-0.3, -0.25) is 4.79 Å². The van der Waals surface area contributed by atoms with Gasteiger partial charge in [0.25, 0.3) is 6.43 Å². The maximum atomic E-state index is 14.1. The summed E-state index contributed by atoms with van der Waals surface area (Å²) < 4.78 is 34.3. The number of carboxylic acid groups (broad SMARTS) is 1. The van der Waals surface area contributed by atoms with Gasteiger partial charge in [-0.05, 0) is 98.1 Å². The first kappa shape index (κ1) is 24.9. The van der Waals surface area contributed by atoms with Crippen LogP contribution in [0.5, 0.6) is 5.75 Å². The molecule has 1 aliphatic carbocycles. The highest BCUT2D eigenvalue weighted by atomic mass is 19.3. The Morgan fingerprint density at radius 2 is 2.00 bits per heavy atom. The Bertz CT molecular complexity index is 979. The normalized spacial score (nSPS) is 25.5. The number of hydrogen-bond donors (Lipinski definition) is 2. The van der Waals surface area contributed by atoms with Crippen molar-refractivity contribution < 1.29 is 23.4 Å². The smallest absolute Gasteiger partial charge is 0.303 e. The molecule has 1 saturated carbocycles. The number of carbonyl (C=O) groups is 1. The van der Waals surface area contributed by atoms with E-state index in [1.165, 1.54) is 0 Å². The SMILES string of the molecule is C[C@H]1CC[C@@H](Oc2ccc3cc(CCC[C@]4(CC(=O)O)CCCNC4)ccc3c2C(F)F)CC1. The summed E-state index contributed by atoms with van der Waals surface area (Å²) >= 11 is 0. The molecule has 0 aromatic heterocycles. The lowest BCUT2D eigenvalue weighted by atomic mass is 9.74. The average molecular weight is 474 g/mol. The number of aliphatic carboxylic acids is 1. The number of alkyl halides is 2. The van der Waals surface area contributed by atoms with Gasteiger partial charge in [-0.15, -0.1) is 0 Å². The van der Waals surface area contributed by atoms with Crippen LogP contribution in [0, 0.1) is 11.3 Å². The highest BCUT2D eigenvalue weighted by Gasteiger charge is 2.33. The van der Waals surface area contributed by atoms with E-state index in [4.69, 9.17) is 4.74 Å². The summed E-state index contributed by atoms with van der Waals surface area (Å²) in [6, 6.07) is 9.33. The fraction of sp³-hybridized carbons (Fsp3) is 0.607. The first-order valence-electron chi connectivity index (χ1n) is 12.8. The van der Waals surface area contributed by atoms with Crippen molar-refractivity contribution >= 4 is 16.7 Å². The monoisotopic (exact) mass is 473 g/mol. The maximum absolute atomic E-state index is 14.1. The fourth-order valence-corrected chi connectivity index (χ4v) is 5.86. The second-order valence-electron chi connectivity index (χ2n) is 10.5. The van der Waals surface area contributed by atoms with Crippen molar-refractivity contribution in [3.63, 3.8) is 0 Å². The molecule has 186 valence electrons. The highest BCUT2D eigenvalue weighted by Crippen LogP contribution is 2.39. The average Bonchev–Trinajstić information content (AvgIpc) is 2.80. The molecule has 0 spiro atoms. The van der Waals surface area contributed by atoms with Crippen molar-refractivity contribution in [3.8, 4) is 5.75 Å². The lowest BCUT2D eigenvalue weighted by Crippen LogP contribution is -2.41. The third-order valence-electron chi connectivity index (χ3n) is 7.82. The lowest BCUT2D eigenvalue weighted by molar-refractivity contribution is -0.140. The molecule has 1 aliphatic heterocycles. The van der Waals surface area contributed by atoms with Gasteiger partial charge in [-0.2, -0.15) is 0 Å². The van der Waals surface area contributed by atoms with Gasteiger partial charge in [-0.25, -0.2) is 8.78 Å². The van der Waals surface area contributed by atoms with Crippen LogP contribution in [0.15, 0.2) is 30.3 Å². The van der Waals surface area contributed by atoms with Crippen LogP contribution in [0.25, 0.3) is 10.8 Å². The number of hydrogen-bond acceptors (Lipinski definition) is 3. The molecule has 1 saturated heterocycles. The van der Waals surface area contributed by atoms with Crippen LogP contribution in [-0.4, -0.2) is 30.3 Å². The minimum absolute atomic E-state index is 0.00337. The molecule has 1 atom stereocenters. The number of carboxylic acids is 1. The Balaban J connectivity index is 1.46. The number of ether oxygens (including phenoxy) is 1. The first-order valence-corrected chi connectivity index (χ1v) is 12.8. The zero-order chi connectivity index (χ0) is 24.1. The molecule has 2 N–H and O–H groups in total. The maximum Gasteiger partial charge on any atom is 0.303 e. The van der Waals surface area contributed by atoms with E-state index >= 15 is 0 Å². The van der Waals surface area contributed by atoms with Crippen molar-refractivity contribution in [1.29, 1.82) is 0 Å². The molecule has 34 heavy (non-hydrogen) atoms. The topological polar surface area (TPSA) is 58.6 Å². The lowest BCUT2D eigenvalue weighted by Gasteiger charge is -2.36. The molecular weight excluding hydrogens is 436 g/mol. The largest absolute Gasteiger partial charge is 0.490 e. The van der Waals surface area contributed by atoms with Gasteiger partial charge in [0.2, 0.25) is 0 Å². The van der Waals surface area contributed by atoms with Crippen LogP contribution in [0.2, 0.25) is 0 Å². The molecule has 2 aromatic rings. The van der Waals surface area contributed by atoms with Gasteiger partial charge in [0, 0.05) is 6.54 Å². The van der Waals surface area contributed by atoms with Crippen LogP contribution >= 0.6 is 0 Å². The van der Waals surface area contributed by atoms with Gasteiger partial charge >= 0.3 is 5.97 Å². The van der Waals surface area contributed by atoms with Gasteiger partial charge in [0.1, 0.15) is 5.75 Å². The Hall–Kier alpha value is -2.21. The molecule has 6 heteroatoms. The Morgan fingerprint density at radius 3 is 2.68 bits per heavy atom. The zero-order valence-electron chi connectivity index (χ0n) is 20.1. The summed E-state index contributed by atoms with van der Waals surface area (Å²) in [4.78, 5) is 11.4. The van der Waals surface area contributed by atoms with E-state index in [9.17, 15) is 18.7 Å². The van der Waals surface area contributed by atoms with Gasteiger partial charge in [0.05, 0.1) is 18.1 Å². The molecule has 0 unspecified atom stereocenters. The van der Waals surface area contributed by atoms with Crippen molar-refractivity contribution in [1.82, 2.24) is 5.32 Å². The Labute approximate surface area is 201 Å². The standard InChI is InChI=1S/C28H37F2NO3/c1-19-5-9-22(10-6-19)34-24-12-8-21-16-20(7-11-23(21)26(24)27(29)30)4-2-13-28(17-25(32)33)14-3-15-31-18-28/h7-8,11-12,16,19,22,27,31H,2-6,9-10,13-15,17-18H2,1H3,(H,32,33)/t19-,22+,28-/m1/s1. The number of benzene rings is 2. The minimum atomic E-state index is -2.60. The summed E-state index contributed by atoms with van der Waals surface area (Å²) in [6.45, 7) is 3.92. The second-order valence-corrected chi connectivity index (χ2v) is 10.5. The first-order chi connectivity index (χ1) is 16.3. The molecular formula is C28H37F2NO3. The van der Waals surface area contributed by atoms with E-state index in [2.05, 4.69) is 12.2 Å². The highest BCUT2D eigenvalue weighted by molar-refractivity contribution is 5.88. The van der Waals surface area contributed by atoms with Crippen LogP contribution in [0.3, 0.4) is 0 Å². The van der Waals surface area contributed by atoms with Gasteiger partial charge in [-0.1, -0.05) is 31.2 Å². The molecule has 0 amide bonds. The van der Waals surface area contributed by atoms with E-state index in [0.717, 1.165) is 81.8 Å². The van der Waals surface area contributed by atoms with Gasteiger partial charge in [0.15, 0.2) is 0 Å². The van der Waals surface area contributed by atoms with E-state index in [0.29, 0.717) is 17.1 Å². The predicted octanol–water partition coefficient (Wildman–Crippen LogP) is 6.90. The summed E-state index contributed by atoms with van der Waals surface area (Å²) in [6.07, 6.45) is 6.07. The van der Waals surface area contributed by atoms with E-state index in [1.54, 1.807) is 12.1 Å². The molecule has 4 nitrogen and oxygen atoms in total. The molecule has 2 aromatic carbocycles. The van der Waals surface area contributed by atoms with Crippen LogP contribution in [0.4, 0.5) is 8.78 Å². The van der Waals surface area contributed by atoms with Crippen molar-refractivity contribution in [2.75, 3.05) is 13.1 Å². The number of rotatable bonds is 9. The molecule has 2 aliphatic rings. The molecule has 0 radical (unpaired) electrons. The van der Waals surface area contributed by atoms with E-state index in [1.807, 2.05) is 18.2 Å². The third-order valence-corrected chi connectivity index (χ3v) is 7.82. The predicted molar refractivity (Wildman–Crippen MR) is 131 cm³/mol. The zero-order valence-corrected chi connectivity index (χ0v) is 20.1. The minimum Gasteiger partial charge on any atom is -0.490 e. The van der Waals surface area contributed by atoms with E-state index < -0.39 is 12.4 Å². The fourth-order valence-electron chi connectivity index (χ4n) is 5.86. The Morgan fingerprint density at radius 1 is 1.21 bits per heavy atom. The van der Waals surface area contributed by atoms with Crippen molar-refractivity contribution in [3.05, 3.63) is 41.5 Å². The number of piperidine rings is 1. The van der Waals surface area contributed by atoms with Gasteiger partial charge < -0.3 is 15.2 Å². The number of fused-ring (bicyclic) bond motifs is 1. The van der Waals surface area contributed by atoms with Crippen molar-refractivity contribution in [2.45, 2.75) is 83.7 Å². The number of nitrogens with one attached hydrogen (secondary N) is 1. The second kappa shape index (κ2) is 11.0. The summed E-state index contributed by atoms with van der Waals surface area (Å²) in [5.74, 6) is 0.253. The summed E-state index contributed by atoms with van der Waals surface area (Å²) in [7, 11) is 0. The summed E-state index contributed by atoms with van der Waals surface area (Å²) in [5, 5.41) is 14.1.